The normalized spacial score (nSPS) is 12.6. The number of nitrogens with two attached hydrogens (primary N) is 1. The van der Waals surface area contributed by atoms with Crippen LogP contribution < -0.4 is 20.1 Å². The molecule has 4 N–H and O–H groups in total. The van der Waals surface area contributed by atoms with Gasteiger partial charge < -0.3 is 34.9 Å². The average Bonchev–Trinajstić information content (AvgIpc) is 3.34. The molecule has 0 bridgehead atoms. The largest absolute Gasteiger partial charge is 0.504 e. The quantitative estimate of drug-likeness (QED) is 0.194. The Morgan fingerprint density at radius 1 is 1.18 bits per heavy atom. The molecule has 4 rings (SSSR count). The number of rotatable bonds is 10. The van der Waals surface area contributed by atoms with E-state index in [1.165, 1.54) is 25.2 Å². The molecule has 0 saturated carbocycles. The third-order valence-electron chi connectivity index (χ3n) is 5.89. The van der Waals surface area contributed by atoms with Crippen molar-refractivity contribution in [3.63, 3.8) is 0 Å². The van der Waals surface area contributed by atoms with Crippen LogP contribution in [0.15, 0.2) is 47.5 Å². The van der Waals surface area contributed by atoms with Gasteiger partial charge in [0.25, 0.3) is 11.8 Å². The van der Waals surface area contributed by atoms with Crippen LogP contribution in [0.5, 0.6) is 29.0 Å². The fourth-order valence-corrected chi connectivity index (χ4v) is 3.96. The number of phenolic OH excluding ortho intramolecular Hbond substituents is 1. The molecule has 1 aromatic heterocycles. The zero-order chi connectivity index (χ0) is 29.0. The Balaban J connectivity index is 1.77. The lowest BCUT2D eigenvalue weighted by Gasteiger charge is -2.22. The minimum atomic E-state index is -1.26. The molecular formula is C27H28F2N6O5. The van der Waals surface area contributed by atoms with Crippen molar-refractivity contribution in [2.45, 2.75) is 6.92 Å². The van der Waals surface area contributed by atoms with E-state index in [9.17, 15) is 9.90 Å². The van der Waals surface area contributed by atoms with Crippen molar-refractivity contribution in [2.75, 3.05) is 45.2 Å². The number of phenols is 1. The molecule has 0 amide bonds. The molecule has 13 heteroatoms. The summed E-state index contributed by atoms with van der Waals surface area (Å²) in [7, 11) is 3.18. The number of benzene rings is 2. The van der Waals surface area contributed by atoms with E-state index >= 15 is 8.78 Å². The smallest absolute Gasteiger partial charge is 0.325 e. The maximum absolute atomic E-state index is 15.7. The first kappa shape index (κ1) is 28.1. The van der Waals surface area contributed by atoms with E-state index in [4.69, 9.17) is 25.4 Å². The van der Waals surface area contributed by atoms with Gasteiger partial charge in [-0.05, 0) is 37.3 Å². The number of nitrogen functional groups attached to an aromatic ring is 1. The molecular weight excluding hydrogens is 526 g/mol. The van der Waals surface area contributed by atoms with Crippen LogP contribution in [0, 0.1) is 17.0 Å². The molecule has 3 aromatic rings. The number of esters is 1. The minimum Gasteiger partial charge on any atom is -0.504 e. The van der Waals surface area contributed by atoms with E-state index in [1.54, 1.807) is 25.1 Å². The van der Waals surface area contributed by atoms with E-state index in [1.807, 2.05) is 18.0 Å². The van der Waals surface area contributed by atoms with E-state index in [2.05, 4.69) is 9.98 Å². The van der Waals surface area contributed by atoms with Crippen LogP contribution in [0.3, 0.4) is 0 Å². The van der Waals surface area contributed by atoms with Crippen molar-refractivity contribution in [1.82, 2.24) is 9.88 Å². The van der Waals surface area contributed by atoms with Crippen molar-refractivity contribution < 1.29 is 32.9 Å². The zero-order valence-corrected chi connectivity index (χ0v) is 22.1. The lowest BCUT2D eigenvalue weighted by molar-refractivity contribution is -0.141. The first-order valence-corrected chi connectivity index (χ1v) is 12.2. The number of likely N-dealkylation sites (N-methyl/N-ethyl adjacent to an activating group) is 2. The van der Waals surface area contributed by atoms with Crippen molar-refractivity contribution in [2.24, 2.45) is 10.7 Å². The minimum absolute atomic E-state index is 0.0826. The molecule has 2 heterocycles. The zero-order valence-electron chi connectivity index (χ0n) is 22.1. The van der Waals surface area contributed by atoms with Gasteiger partial charge in [0.05, 0.1) is 13.2 Å². The average molecular weight is 555 g/mol. The third-order valence-corrected chi connectivity index (χ3v) is 5.89. The molecule has 0 saturated heterocycles. The van der Waals surface area contributed by atoms with Gasteiger partial charge in [-0.1, -0.05) is 12.1 Å². The highest BCUT2D eigenvalue weighted by molar-refractivity contribution is 6.00. The summed E-state index contributed by atoms with van der Waals surface area (Å²) in [5.74, 6) is -4.69. The van der Waals surface area contributed by atoms with Crippen molar-refractivity contribution in [3.8, 4) is 29.0 Å². The standard InChI is InChI=1S/C27H28F2N6O5/c1-4-38-20(37)14-35(3)23-21(28)26(39-17-7-5-6-16(12-17)25-32-10-11-34(25)2)33-27(22(23)29)40-19-13-15(24(30)31)8-9-18(19)36/h5-9,12-13,36H,4,10-11,14H2,1-3H3,(H3,30,31). The first-order chi connectivity index (χ1) is 19.1. The number of hydrogen-bond donors (Lipinski definition) is 3. The molecule has 0 aliphatic carbocycles. The Bertz CT molecular complexity index is 1480. The highest BCUT2D eigenvalue weighted by Gasteiger charge is 2.28. The topological polar surface area (TPSA) is 147 Å². The summed E-state index contributed by atoms with van der Waals surface area (Å²) >= 11 is 0. The molecule has 0 atom stereocenters. The Morgan fingerprint density at radius 3 is 2.55 bits per heavy atom. The summed E-state index contributed by atoms with van der Waals surface area (Å²) in [6.07, 6.45) is 0. The number of anilines is 1. The van der Waals surface area contributed by atoms with Crippen LogP contribution in [0.4, 0.5) is 14.5 Å². The molecule has 40 heavy (non-hydrogen) atoms. The van der Waals surface area contributed by atoms with Gasteiger partial charge in [-0.15, -0.1) is 0 Å². The molecule has 0 fully saturated rings. The van der Waals surface area contributed by atoms with Gasteiger partial charge in [-0.2, -0.15) is 13.8 Å². The number of nitrogens with zero attached hydrogens (tertiary/aromatic N) is 4. The SMILES string of the molecule is CCOC(=O)CN(C)c1c(F)c(Oc2cccc(C3=NCCN3C)c2)nc(Oc2cc(C(=N)N)ccc2O)c1F. The van der Waals surface area contributed by atoms with E-state index in [-0.39, 0.29) is 29.5 Å². The predicted octanol–water partition coefficient (Wildman–Crippen LogP) is 3.63. The number of nitrogens with one attached hydrogen (secondary N) is 1. The van der Waals surface area contributed by atoms with Crippen molar-refractivity contribution >= 4 is 23.3 Å². The molecule has 1 aliphatic rings. The first-order valence-electron chi connectivity index (χ1n) is 12.2. The molecule has 2 aromatic carbocycles. The predicted molar refractivity (Wildman–Crippen MR) is 144 cm³/mol. The lowest BCUT2D eigenvalue weighted by Crippen LogP contribution is -2.29. The number of pyridine rings is 1. The fourth-order valence-electron chi connectivity index (χ4n) is 3.96. The molecule has 11 nitrogen and oxygen atoms in total. The summed E-state index contributed by atoms with van der Waals surface area (Å²) in [6, 6.07) is 10.5. The van der Waals surface area contributed by atoms with Gasteiger partial charge in [0, 0.05) is 31.8 Å². The van der Waals surface area contributed by atoms with Crippen molar-refractivity contribution in [1.29, 1.82) is 5.41 Å². The van der Waals surface area contributed by atoms with Crippen LogP contribution in [-0.2, 0) is 9.53 Å². The molecule has 0 unspecified atom stereocenters. The number of aromatic hydroxyl groups is 1. The molecule has 0 radical (unpaired) electrons. The van der Waals surface area contributed by atoms with E-state index in [0.717, 1.165) is 22.8 Å². The van der Waals surface area contributed by atoms with Crippen LogP contribution in [0.25, 0.3) is 0 Å². The summed E-state index contributed by atoms with van der Waals surface area (Å²) in [4.78, 5) is 23.4. The van der Waals surface area contributed by atoms with E-state index < -0.39 is 47.3 Å². The Kier molecular flexibility index (Phi) is 8.31. The molecule has 0 spiro atoms. The summed E-state index contributed by atoms with van der Waals surface area (Å²) < 4.78 is 47.6. The molecule has 210 valence electrons. The number of hydrogen-bond acceptors (Lipinski definition) is 10. The summed E-state index contributed by atoms with van der Waals surface area (Å²) in [6.45, 7) is 2.59. The second-order valence-electron chi connectivity index (χ2n) is 8.81. The number of carbonyl (C=O) groups excluding carboxylic acids is 1. The maximum Gasteiger partial charge on any atom is 0.325 e. The Hall–Kier alpha value is -4.94. The Labute approximate surface area is 228 Å². The second kappa shape index (κ2) is 11.8. The van der Waals surface area contributed by atoms with Gasteiger partial charge in [0.2, 0.25) is 11.6 Å². The van der Waals surface area contributed by atoms with Crippen molar-refractivity contribution in [3.05, 3.63) is 65.2 Å². The highest BCUT2D eigenvalue weighted by atomic mass is 19.1. The van der Waals surface area contributed by atoms with Gasteiger partial charge in [-0.25, -0.2) is 0 Å². The number of aliphatic imine (C=N–C) groups is 1. The molecule has 1 aliphatic heterocycles. The van der Waals surface area contributed by atoms with Crippen LogP contribution in [0.1, 0.15) is 18.1 Å². The van der Waals surface area contributed by atoms with Gasteiger partial charge in [0.15, 0.2) is 11.5 Å². The van der Waals surface area contributed by atoms with Crippen LogP contribution >= 0.6 is 0 Å². The number of aromatic nitrogens is 1. The number of halogens is 2. The van der Waals surface area contributed by atoms with Crippen LogP contribution in [0.2, 0.25) is 0 Å². The maximum atomic E-state index is 15.7. The van der Waals surface area contributed by atoms with Gasteiger partial charge in [-0.3, -0.25) is 15.2 Å². The monoisotopic (exact) mass is 554 g/mol. The van der Waals surface area contributed by atoms with Gasteiger partial charge >= 0.3 is 5.97 Å². The number of carbonyl (C=O) groups is 1. The number of amidine groups is 2. The van der Waals surface area contributed by atoms with Crippen LogP contribution in [-0.4, -0.2) is 73.0 Å². The van der Waals surface area contributed by atoms with Gasteiger partial charge in [0.1, 0.15) is 29.7 Å². The highest BCUT2D eigenvalue weighted by Crippen LogP contribution is 2.39. The fraction of sp³-hybridized carbons (Fsp3) is 0.259. The third kappa shape index (κ3) is 6.03. The summed E-state index contributed by atoms with van der Waals surface area (Å²) in [5.41, 5.74) is 5.74. The Morgan fingerprint density at radius 2 is 1.90 bits per heavy atom. The summed E-state index contributed by atoms with van der Waals surface area (Å²) in [5, 5.41) is 17.9. The second-order valence-corrected chi connectivity index (χ2v) is 8.81. The number of ether oxygens (including phenoxy) is 3. The van der Waals surface area contributed by atoms with E-state index in [0.29, 0.717) is 6.54 Å². The lowest BCUT2D eigenvalue weighted by atomic mass is 10.2.